The number of carbonyl (C=O) groups is 4. The van der Waals surface area contributed by atoms with Crippen molar-refractivity contribution in [2.45, 2.75) is 31.7 Å². The molecule has 260 valence electrons. The van der Waals surface area contributed by atoms with Crippen LogP contribution < -0.4 is 28.5 Å². The summed E-state index contributed by atoms with van der Waals surface area (Å²) in [6.45, 7) is 6.08. The van der Waals surface area contributed by atoms with Crippen LogP contribution in [0, 0.1) is 0 Å². The van der Waals surface area contributed by atoms with Gasteiger partial charge >= 0.3 is 0 Å². The first-order valence-corrected chi connectivity index (χ1v) is 16.9. The van der Waals surface area contributed by atoms with Crippen molar-refractivity contribution in [1.82, 2.24) is 24.7 Å². The summed E-state index contributed by atoms with van der Waals surface area (Å²) < 4.78 is 16.3. The number of anilines is 2. The fourth-order valence-corrected chi connectivity index (χ4v) is 6.25. The van der Waals surface area contributed by atoms with Gasteiger partial charge in [-0.1, -0.05) is 12.2 Å². The van der Waals surface area contributed by atoms with Crippen molar-refractivity contribution in [3.8, 4) is 11.5 Å². The van der Waals surface area contributed by atoms with Crippen LogP contribution in [0.25, 0.3) is 0 Å². The Hall–Kier alpha value is -4.64. The number of hydrogen-bond donors (Lipinski definition) is 3. The van der Waals surface area contributed by atoms with Gasteiger partial charge in [0.1, 0.15) is 11.4 Å². The van der Waals surface area contributed by atoms with E-state index in [0.29, 0.717) is 71.4 Å². The third-order valence-corrected chi connectivity index (χ3v) is 9.39. The van der Waals surface area contributed by atoms with E-state index < -0.39 is 0 Å². The number of nitrogens with one attached hydrogen (secondary N) is 3. The number of benzene rings is 1. The molecule has 0 spiro atoms. The van der Waals surface area contributed by atoms with Crippen LogP contribution in [0.4, 0.5) is 17.1 Å². The Morgan fingerprint density at radius 3 is 2.55 bits per heavy atom. The Balaban J connectivity index is 1.14. The highest BCUT2D eigenvalue weighted by atomic mass is 127. The molecule has 2 aliphatic rings. The summed E-state index contributed by atoms with van der Waals surface area (Å²) in [5, 5.41) is 8.75. The molecule has 3 N–H and O–H groups in total. The molecular formula is C34H41IN8O6. The second kappa shape index (κ2) is 15.7. The van der Waals surface area contributed by atoms with E-state index in [2.05, 4.69) is 27.5 Å². The normalized spacial score (nSPS) is 15.0. The number of aryl methyl sites for hydroxylation is 2. The predicted octanol–water partition coefficient (Wildman–Crippen LogP) is 3.99. The highest BCUT2D eigenvalue weighted by Gasteiger charge is 2.34. The van der Waals surface area contributed by atoms with Crippen LogP contribution in [-0.2, 0) is 18.9 Å². The van der Waals surface area contributed by atoms with Crippen LogP contribution in [0.3, 0.4) is 0 Å². The van der Waals surface area contributed by atoms with E-state index in [1.54, 1.807) is 71.0 Å². The Morgan fingerprint density at radius 1 is 1.04 bits per heavy atom. The maximum atomic E-state index is 13.2. The molecule has 15 heteroatoms. The molecule has 4 amide bonds. The molecule has 0 bridgehead atoms. The summed E-state index contributed by atoms with van der Waals surface area (Å²) in [4.78, 5) is 58.3. The van der Waals surface area contributed by atoms with Gasteiger partial charge in [0.15, 0.2) is 11.5 Å². The molecular weight excluding hydrogens is 743 g/mol. The van der Waals surface area contributed by atoms with Gasteiger partial charge in [0.25, 0.3) is 17.7 Å². The second-order valence-corrected chi connectivity index (χ2v) is 12.9. The minimum absolute atomic E-state index is 0.116. The van der Waals surface area contributed by atoms with Crippen molar-refractivity contribution >= 4 is 69.8 Å². The lowest BCUT2D eigenvalue weighted by Gasteiger charge is -2.20. The lowest BCUT2D eigenvalue weighted by molar-refractivity contribution is -0.117. The zero-order chi connectivity index (χ0) is 35.2. The SMILES string of the molecule is C=C1CC2C=Nc3cc(OCCCC(=O)N(I)c4cc(C(=O)Nc5cc(C(=O)NCCCNC)n(C)c5)n(C)c4)c(OC)cc3C(=O)N2C1. The molecule has 2 aliphatic heterocycles. The maximum Gasteiger partial charge on any atom is 0.272 e. The summed E-state index contributed by atoms with van der Waals surface area (Å²) >= 11 is 1.93. The van der Waals surface area contributed by atoms with E-state index in [9.17, 15) is 19.2 Å². The summed E-state index contributed by atoms with van der Waals surface area (Å²) in [6.07, 6.45) is 7.25. The van der Waals surface area contributed by atoms with Gasteiger partial charge in [0.2, 0.25) is 5.91 Å². The van der Waals surface area contributed by atoms with Crippen LogP contribution in [0.1, 0.15) is 57.0 Å². The van der Waals surface area contributed by atoms with Gasteiger partial charge in [-0.3, -0.25) is 27.3 Å². The second-order valence-electron chi connectivity index (χ2n) is 12.0. The highest BCUT2D eigenvalue weighted by molar-refractivity contribution is 14.1. The smallest absolute Gasteiger partial charge is 0.272 e. The number of nitrogens with zero attached hydrogens (tertiary/aromatic N) is 5. The molecule has 1 aromatic carbocycles. The van der Waals surface area contributed by atoms with Gasteiger partial charge in [-0.2, -0.15) is 0 Å². The van der Waals surface area contributed by atoms with Crippen molar-refractivity contribution in [2.75, 3.05) is 48.8 Å². The van der Waals surface area contributed by atoms with E-state index in [4.69, 9.17) is 9.47 Å². The largest absolute Gasteiger partial charge is 0.493 e. The zero-order valence-corrected chi connectivity index (χ0v) is 30.2. The lowest BCUT2D eigenvalue weighted by Crippen LogP contribution is -2.35. The van der Waals surface area contributed by atoms with Crippen LogP contribution >= 0.6 is 22.9 Å². The number of ether oxygens (including phenoxy) is 2. The molecule has 3 aromatic rings. The zero-order valence-electron chi connectivity index (χ0n) is 28.0. The monoisotopic (exact) mass is 784 g/mol. The Labute approximate surface area is 299 Å². The Kier molecular flexibility index (Phi) is 11.4. The van der Waals surface area contributed by atoms with E-state index >= 15 is 0 Å². The molecule has 49 heavy (non-hydrogen) atoms. The first-order valence-electron chi connectivity index (χ1n) is 15.9. The molecule has 0 radical (unpaired) electrons. The Bertz CT molecular complexity index is 1800. The number of aromatic nitrogens is 2. The van der Waals surface area contributed by atoms with Gasteiger partial charge < -0.3 is 39.5 Å². The third-order valence-electron chi connectivity index (χ3n) is 8.30. The first-order chi connectivity index (χ1) is 23.5. The summed E-state index contributed by atoms with van der Waals surface area (Å²) in [7, 11) is 6.83. The van der Waals surface area contributed by atoms with Crippen molar-refractivity contribution in [3.63, 3.8) is 0 Å². The lowest BCUT2D eigenvalue weighted by atomic mass is 10.1. The summed E-state index contributed by atoms with van der Waals surface area (Å²) in [5.74, 6) is -0.0453. The fourth-order valence-electron chi connectivity index (χ4n) is 5.74. The van der Waals surface area contributed by atoms with Crippen molar-refractivity contribution in [3.05, 3.63) is 65.8 Å². The van der Waals surface area contributed by atoms with E-state index in [0.717, 1.165) is 18.5 Å². The van der Waals surface area contributed by atoms with Gasteiger partial charge in [-0.05, 0) is 51.1 Å². The molecule has 2 aromatic heterocycles. The molecule has 14 nitrogen and oxygen atoms in total. The van der Waals surface area contributed by atoms with Crippen LogP contribution in [0.15, 0.2) is 53.8 Å². The Morgan fingerprint density at radius 2 is 1.80 bits per heavy atom. The van der Waals surface area contributed by atoms with Crippen LogP contribution in [0.5, 0.6) is 11.5 Å². The fraction of sp³-hybridized carbons (Fsp3) is 0.382. The van der Waals surface area contributed by atoms with Crippen LogP contribution in [0.2, 0.25) is 0 Å². The number of aliphatic imine (C=N–C) groups is 1. The third kappa shape index (κ3) is 8.16. The maximum absolute atomic E-state index is 13.2. The van der Waals surface area contributed by atoms with Gasteiger partial charge in [-0.25, -0.2) is 0 Å². The number of carbonyl (C=O) groups excluding carboxylic acids is 4. The standard InChI is InChI=1S/C34H41IN8O6/c1-21-12-23-17-38-26-16-30(29(48-5)15-25(26)34(47)42(23)18-21)49-11-6-8-31(44)43(35)24-14-28(41(4)20-24)33(46)39-22-13-27(40(3)19-22)32(45)37-10-7-9-36-2/h13-17,19-20,23,36H,1,6-12,18H2,2-5H3,(H,37,45)(H,39,46). The van der Waals surface area contributed by atoms with E-state index in [-0.39, 0.29) is 42.7 Å². The van der Waals surface area contributed by atoms with Gasteiger partial charge in [-0.15, -0.1) is 0 Å². The first kappa shape index (κ1) is 35.7. The number of methoxy groups -OCH3 is 1. The van der Waals surface area contributed by atoms with Crippen LogP contribution in [-0.4, -0.2) is 90.3 Å². The minimum atomic E-state index is -0.377. The quantitative estimate of drug-likeness (QED) is 0.0969. The molecule has 1 unspecified atom stereocenters. The average molecular weight is 785 g/mol. The average Bonchev–Trinajstić information content (AvgIpc) is 3.76. The molecule has 1 saturated heterocycles. The number of rotatable bonds is 14. The summed E-state index contributed by atoms with van der Waals surface area (Å²) in [6, 6.07) is 6.49. The van der Waals surface area contributed by atoms with Gasteiger partial charge in [0, 0.05) is 58.3 Å². The topological polar surface area (TPSA) is 152 Å². The molecule has 1 fully saturated rings. The minimum Gasteiger partial charge on any atom is -0.493 e. The van der Waals surface area contributed by atoms with Crippen molar-refractivity contribution < 1.29 is 28.7 Å². The summed E-state index contributed by atoms with van der Waals surface area (Å²) in [5.41, 5.74) is 3.74. The number of fused-ring (bicyclic) bond motifs is 2. The molecule has 0 aliphatic carbocycles. The number of halogens is 1. The van der Waals surface area contributed by atoms with Crippen molar-refractivity contribution in [2.24, 2.45) is 19.1 Å². The highest BCUT2D eigenvalue weighted by Crippen LogP contribution is 2.38. The molecule has 5 rings (SSSR count). The van der Waals surface area contributed by atoms with Crippen molar-refractivity contribution in [1.29, 1.82) is 0 Å². The number of amides is 4. The molecule has 0 saturated carbocycles. The number of hydrogen-bond acceptors (Lipinski definition) is 8. The van der Waals surface area contributed by atoms with E-state index in [1.165, 1.54) is 10.2 Å². The molecule has 1 atom stereocenters. The molecule has 4 heterocycles. The van der Waals surface area contributed by atoms with E-state index in [1.807, 2.05) is 29.9 Å². The predicted molar refractivity (Wildman–Crippen MR) is 196 cm³/mol. The van der Waals surface area contributed by atoms with Gasteiger partial charge in [0.05, 0.1) is 65.2 Å².